The van der Waals surface area contributed by atoms with Gasteiger partial charge >= 0.3 is 12.1 Å². The summed E-state index contributed by atoms with van der Waals surface area (Å²) in [5.41, 5.74) is 23.5. The molecule has 0 aliphatic heterocycles. The van der Waals surface area contributed by atoms with Crippen molar-refractivity contribution >= 4 is 47.6 Å². The molecule has 0 aromatic heterocycles. The van der Waals surface area contributed by atoms with Gasteiger partial charge in [-0.15, -0.1) is 0 Å². The van der Waals surface area contributed by atoms with E-state index in [1.54, 1.807) is 31.2 Å². The Bertz CT molecular complexity index is 1820. The Balaban J connectivity index is 2.33. The van der Waals surface area contributed by atoms with Crippen molar-refractivity contribution in [2.45, 2.75) is 130 Å². The standard InChI is InChI=1S/C45H71N11O8/c1-7-29(5)36(55-39(58)34(22-16-24-51-44(48)49)54-45(62)64-27-32-19-13-10-14-20-32)41(60)53-35(25-28(3)4)40(59)52-33(21-15-23-50-43(46)47)38(57)56-37(30(6)8-2)42(61)63-26-31-17-11-9-12-18-31/h9-14,17-20,28-30,33-37H,7-8,15-16,21-27H2,1-6H3,(H,52,59)(H,53,60)(H,54,62)(H,55,58)(H,56,57)(H4,46,47,50)(H4,48,49,51)/t29-,30-,33-,34+,35-,36-,37-/m0/s1. The molecule has 0 bridgehead atoms. The summed E-state index contributed by atoms with van der Waals surface area (Å²) in [6, 6.07) is 12.5. The Morgan fingerprint density at radius 1 is 0.547 bits per heavy atom. The highest BCUT2D eigenvalue weighted by molar-refractivity contribution is 5.96. The van der Waals surface area contributed by atoms with Gasteiger partial charge in [0.05, 0.1) is 0 Å². The number of alkyl carbamates (subject to hydrolysis) is 1. The summed E-state index contributed by atoms with van der Waals surface area (Å²) in [6.07, 6.45) is 1.10. The van der Waals surface area contributed by atoms with Crippen LogP contribution in [0.25, 0.3) is 0 Å². The highest BCUT2D eigenvalue weighted by Crippen LogP contribution is 2.15. The molecular formula is C45H71N11O8. The number of carbonyl (C=O) groups is 6. The minimum atomic E-state index is -1.17. The molecule has 2 rings (SSSR count). The minimum absolute atomic E-state index is 0.00766. The third-order valence-electron chi connectivity index (χ3n) is 10.5. The Morgan fingerprint density at radius 2 is 0.969 bits per heavy atom. The van der Waals surface area contributed by atoms with E-state index in [1.165, 1.54) is 0 Å². The van der Waals surface area contributed by atoms with Crippen molar-refractivity contribution in [3.8, 4) is 0 Å². The molecule has 0 unspecified atom stereocenters. The molecule has 5 amide bonds. The third kappa shape index (κ3) is 20.6. The highest BCUT2D eigenvalue weighted by Gasteiger charge is 2.35. The number of hydrogen-bond acceptors (Lipinski definition) is 10. The van der Waals surface area contributed by atoms with Gasteiger partial charge in [0.2, 0.25) is 23.6 Å². The predicted octanol–water partition coefficient (Wildman–Crippen LogP) is 2.21. The molecule has 7 atom stereocenters. The molecule has 0 radical (unpaired) electrons. The van der Waals surface area contributed by atoms with E-state index in [9.17, 15) is 28.8 Å². The lowest BCUT2D eigenvalue weighted by atomic mass is 9.96. The van der Waals surface area contributed by atoms with Gasteiger partial charge in [-0.2, -0.15) is 0 Å². The first-order valence-electron chi connectivity index (χ1n) is 21.9. The summed E-state index contributed by atoms with van der Waals surface area (Å²) in [4.78, 5) is 90.5. The maximum Gasteiger partial charge on any atom is 0.408 e. The van der Waals surface area contributed by atoms with E-state index in [1.807, 2.05) is 71.0 Å². The lowest BCUT2D eigenvalue weighted by Crippen LogP contribution is -2.60. The Kier molecular flexibility index (Phi) is 24.4. The van der Waals surface area contributed by atoms with Crippen LogP contribution in [0.5, 0.6) is 0 Å². The van der Waals surface area contributed by atoms with Gasteiger partial charge < -0.3 is 59.0 Å². The number of aliphatic imine (C=N–C) groups is 2. The third-order valence-corrected chi connectivity index (χ3v) is 10.5. The van der Waals surface area contributed by atoms with Crippen molar-refractivity contribution in [2.24, 2.45) is 50.7 Å². The maximum atomic E-state index is 14.2. The zero-order valence-corrected chi connectivity index (χ0v) is 38.1. The predicted molar refractivity (Wildman–Crippen MR) is 246 cm³/mol. The van der Waals surface area contributed by atoms with E-state index in [2.05, 4.69) is 36.6 Å². The van der Waals surface area contributed by atoms with Crippen LogP contribution in [0.1, 0.15) is 97.6 Å². The van der Waals surface area contributed by atoms with Crippen LogP contribution in [0.15, 0.2) is 70.6 Å². The molecule has 0 aliphatic rings. The monoisotopic (exact) mass is 894 g/mol. The van der Waals surface area contributed by atoms with Crippen LogP contribution in [0.4, 0.5) is 4.79 Å². The molecule has 64 heavy (non-hydrogen) atoms. The largest absolute Gasteiger partial charge is 0.459 e. The fourth-order valence-corrected chi connectivity index (χ4v) is 6.39. The maximum absolute atomic E-state index is 14.2. The number of benzene rings is 2. The van der Waals surface area contributed by atoms with Crippen molar-refractivity contribution in [1.29, 1.82) is 0 Å². The number of amides is 5. The van der Waals surface area contributed by atoms with Gasteiger partial charge in [-0.25, -0.2) is 9.59 Å². The van der Waals surface area contributed by atoms with E-state index in [0.29, 0.717) is 19.3 Å². The number of hydrogen-bond donors (Lipinski definition) is 9. The number of ether oxygens (including phenoxy) is 2. The summed E-state index contributed by atoms with van der Waals surface area (Å²) in [6.45, 7) is 11.3. The molecule has 2 aromatic carbocycles. The van der Waals surface area contributed by atoms with Crippen molar-refractivity contribution in [2.75, 3.05) is 13.1 Å². The van der Waals surface area contributed by atoms with Crippen molar-refractivity contribution < 1.29 is 38.2 Å². The second-order valence-electron chi connectivity index (χ2n) is 16.2. The number of nitrogens with two attached hydrogens (primary N) is 4. The van der Waals surface area contributed by atoms with Gasteiger partial charge in [0.1, 0.15) is 43.4 Å². The summed E-state index contributed by atoms with van der Waals surface area (Å²) < 4.78 is 11.0. The molecule has 0 aliphatic carbocycles. The first kappa shape index (κ1) is 53.7. The normalized spacial score (nSPS) is 14.2. The second-order valence-corrected chi connectivity index (χ2v) is 16.2. The van der Waals surface area contributed by atoms with E-state index in [4.69, 9.17) is 32.4 Å². The van der Waals surface area contributed by atoms with Crippen LogP contribution < -0.4 is 49.5 Å². The van der Waals surface area contributed by atoms with E-state index in [-0.39, 0.29) is 75.7 Å². The molecule has 354 valence electrons. The van der Waals surface area contributed by atoms with E-state index in [0.717, 1.165) is 11.1 Å². The number of rotatable bonds is 28. The van der Waals surface area contributed by atoms with E-state index >= 15 is 0 Å². The molecule has 19 nitrogen and oxygen atoms in total. The molecule has 0 spiro atoms. The quantitative estimate of drug-likeness (QED) is 0.0257. The minimum Gasteiger partial charge on any atom is -0.459 e. The van der Waals surface area contributed by atoms with Crippen LogP contribution in [0.2, 0.25) is 0 Å². The number of carbonyl (C=O) groups excluding carboxylic acids is 6. The van der Waals surface area contributed by atoms with Crippen molar-refractivity contribution in [1.82, 2.24) is 26.6 Å². The van der Waals surface area contributed by atoms with Gasteiger partial charge in [0.25, 0.3) is 0 Å². The van der Waals surface area contributed by atoms with E-state index < -0.39 is 71.8 Å². The Labute approximate surface area is 377 Å². The number of nitrogens with zero attached hydrogens (tertiary/aromatic N) is 2. The van der Waals surface area contributed by atoms with Crippen molar-refractivity contribution in [3.05, 3.63) is 71.8 Å². The Hall–Kier alpha value is -6.40. The van der Waals surface area contributed by atoms with Gasteiger partial charge in [-0.05, 0) is 61.0 Å². The lowest BCUT2D eigenvalue weighted by molar-refractivity contribution is -0.151. The number of guanidine groups is 2. The second kappa shape index (κ2) is 29.1. The molecule has 2 aromatic rings. The summed E-state index contributed by atoms with van der Waals surface area (Å²) in [5, 5.41) is 13.8. The molecule has 19 heteroatoms. The SMILES string of the molecule is CC[C@H](C)[C@H](NC(=O)[C@@H](CCCN=C(N)N)NC(=O)OCc1ccccc1)C(=O)N[C@@H](CC(C)C)C(=O)N[C@@H](CCCN=C(N)N)C(=O)N[C@H](C(=O)OCc1ccccc1)[C@@H](C)CC. The Morgan fingerprint density at radius 3 is 1.44 bits per heavy atom. The van der Waals surface area contributed by atoms with Crippen LogP contribution in [-0.2, 0) is 46.7 Å². The topological polar surface area (TPSA) is 310 Å². The van der Waals surface area contributed by atoms with Gasteiger partial charge in [-0.1, -0.05) is 115 Å². The fraction of sp³-hybridized carbons (Fsp3) is 0.556. The summed E-state index contributed by atoms with van der Waals surface area (Å²) >= 11 is 0. The van der Waals surface area contributed by atoms with Crippen LogP contribution in [-0.4, -0.2) is 90.9 Å². The van der Waals surface area contributed by atoms with Crippen LogP contribution in [0, 0.1) is 17.8 Å². The molecular weight excluding hydrogens is 823 g/mol. The zero-order valence-electron chi connectivity index (χ0n) is 38.1. The summed E-state index contributed by atoms with van der Waals surface area (Å²) in [5.74, 6) is -4.36. The van der Waals surface area contributed by atoms with Gasteiger partial charge in [0, 0.05) is 13.1 Å². The zero-order chi connectivity index (χ0) is 47.6. The number of nitrogens with one attached hydrogen (secondary N) is 5. The lowest BCUT2D eigenvalue weighted by Gasteiger charge is -2.30. The molecule has 0 fully saturated rings. The van der Waals surface area contributed by atoms with Crippen LogP contribution >= 0.6 is 0 Å². The smallest absolute Gasteiger partial charge is 0.408 e. The molecule has 13 N–H and O–H groups in total. The fourth-order valence-electron chi connectivity index (χ4n) is 6.39. The van der Waals surface area contributed by atoms with Crippen molar-refractivity contribution in [3.63, 3.8) is 0 Å². The average Bonchev–Trinajstić information content (AvgIpc) is 3.27. The van der Waals surface area contributed by atoms with Crippen LogP contribution in [0.3, 0.4) is 0 Å². The molecule has 0 heterocycles. The molecule has 0 saturated heterocycles. The number of esters is 1. The first-order chi connectivity index (χ1) is 30.4. The van der Waals surface area contributed by atoms with Gasteiger partial charge in [0.15, 0.2) is 11.9 Å². The highest BCUT2D eigenvalue weighted by atomic mass is 16.5. The molecule has 0 saturated carbocycles. The first-order valence-corrected chi connectivity index (χ1v) is 21.9. The summed E-state index contributed by atoms with van der Waals surface area (Å²) in [7, 11) is 0. The average molecular weight is 894 g/mol. The van der Waals surface area contributed by atoms with Gasteiger partial charge in [-0.3, -0.25) is 29.2 Å².